The van der Waals surface area contributed by atoms with Gasteiger partial charge in [0.05, 0.1) is 12.1 Å². The third-order valence-corrected chi connectivity index (χ3v) is 4.14. The molecule has 0 aliphatic carbocycles. The highest BCUT2D eigenvalue weighted by molar-refractivity contribution is 5.76. The standard InChI is InChI=1S/C17H26N2O2/c1-14-4-6-15(7-5-14)8-9-16(20)18-12-17(13-21-2)10-3-11-19-17/h4-7,19H,3,8-13H2,1-2H3,(H,18,20). The third kappa shape index (κ3) is 4.83. The van der Waals surface area contributed by atoms with E-state index in [0.717, 1.165) is 25.8 Å². The molecule has 1 aliphatic rings. The molecule has 1 aliphatic heterocycles. The van der Waals surface area contributed by atoms with Crippen molar-refractivity contribution >= 4 is 5.91 Å². The summed E-state index contributed by atoms with van der Waals surface area (Å²) in [6, 6.07) is 8.35. The maximum Gasteiger partial charge on any atom is 0.220 e. The Bertz CT molecular complexity index is 450. The molecule has 4 heteroatoms. The van der Waals surface area contributed by atoms with Crippen molar-refractivity contribution in [2.45, 2.75) is 38.1 Å². The van der Waals surface area contributed by atoms with E-state index in [1.807, 2.05) is 0 Å². The Morgan fingerprint density at radius 3 is 2.76 bits per heavy atom. The van der Waals surface area contributed by atoms with Crippen LogP contribution < -0.4 is 10.6 Å². The first-order valence-electron chi connectivity index (χ1n) is 7.70. The van der Waals surface area contributed by atoms with Crippen LogP contribution in [0.5, 0.6) is 0 Å². The highest BCUT2D eigenvalue weighted by Crippen LogP contribution is 2.18. The monoisotopic (exact) mass is 290 g/mol. The molecule has 0 saturated carbocycles. The van der Waals surface area contributed by atoms with Crippen LogP contribution in [0.1, 0.15) is 30.4 Å². The number of ether oxygens (including phenoxy) is 1. The number of amides is 1. The Kier molecular flexibility index (Phi) is 5.76. The minimum Gasteiger partial charge on any atom is -0.383 e. The molecule has 1 heterocycles. The van der Waals surface area contributed by atoms with Crippen LogP contribution in [0.4, 0.5) is 0 Å². The van der Waals surface area contributed by atoms with E-state index in [2.05, 4.69) is 41.8 Å². The van der Waals surface area contributed by atoms with E-state index in [-0.39, 0.29) is 11.4 Å². The quantitative estimate of drug-likeness (QED) is 0.805. The number of hydrogen-bond acceptors (Lipinski definition) is 3. The minimum absolute atomic E-state index is 0.0751. The molecule has 0 radical (unpaired) electrons. The third-order valence-electron chi connectivity index (χ3n) is 4.14. The number of carbonyl (C=O) groups is 1. The second kappa shape index (κ2) is 7.57. The van der Waals surface area contributed by atoms with E-state index in [4.69, 9.17) is 4.74 Å². The first kappa shape index (κ1) is 16.0. The Balaban J connectivity index is 1.75. The van der Waals surface area contributed by atoms with Gasteiger partial charge < -0.3 is 15.4 Å². The molecule has 1 amide bonds. The van der Waals surface area contributed by atoms with Crippen molar-refractivity contribution in [2.24, 2.45) is 0 Å². The van der Waals surface area contributed by atoms with Crippen LogP contribution in [-0.2, 0) is 16.0 Å². The lowest BCUT2D eigenvalue weighted by Gasteiger charge is -2.29. The van der Waals surface area contributed by atoms with Crippen LogP contribution in [0.25, 0.3) is 0 Å². The molecule has 0 aromatic heterocycles. The molecular formula is C17H26N2O2. The zero-order chi connectivity index (χ0) is 15.1. The number of rotatable bonds is 7. The van der Waals surface area contributed by atoms with Crippen molar-refractivity contribution in [3.8, 4) is 0 Å². The summed E-state index contributed by atoms with van der Waals surface area (Å²) >= 11 is 0. The number of hydrogen-bond donors (Lipinski definition) is 2. The van der Waals surface area contributed by atoms with Gasteiger partial charge in [-0.3, -0.25) is 4.79 Å². The molecule has 1 aromatic carbocycles. The molecule has 1 aromatic rings. The molecule has 116 valence electrons. The van der Waals surface area contributed by atoms with Crippen molar-refractivity contribution in [3.63, 3.8) is 0 Å². The van der Waals surface area contributed by atoms with Gasteiger partial charge >= 0.3 is 0 Å². The lowest BCUT2D eigenvalue weighted by atomic mass is 9.98. The van der Waals surface area contributed by atoms with Crippen molar-refractivity contribution in [3.05, 3.63) is 35.4 Å². The molecular weight excluding hydrogens is 264 g/mol. The Hall–Kier alpha value is -1.39. The van der Waals surface area contributed by atoms with Gasteiger partial charge in [-0.05, 0) is 38.3 Å². The molecule has 1 unspecified atom stereocenters. The van der Waals surface area contributed by atoms with E-state index < -0.39 is 0 Å². The zero-order valence-corrected chi connectivity index (χ0v) is 13.1. The topological polar surface area (TPSA) is 50.4 Å². The molecule has 2 rings (SSSR count). The van der Waals surface area contributed by atoms with Gasteiger partial charge in [-0.1, -0.05) is 29.8 Å². The molecule has 0 spiro atoms. The van der Waals surface area contributed by atoms with Gasteiger partial charge in [0.25, 0.3) is 0 Å². The Morgan fingerprint density at radius 2 is 2.14 bits per heavy atom. The number of methoxy groups -OCH3 is 1. The number of nitrogens with one attached hydrogen (secondary N) is 2. The van der Waals surface area contributed by atoms with E-state index in [1.165, 1.54) is 11.1 Å². The van der Waals surface area contributed by atoms with Crippen LogP contribution in [0.15, 0.2) is 24.3 Å². The van der Waals surface area contributed by atoms with Gasteiger partial charge in [-0.15, -0.1) is 0 Å². The SMILES string of the molecule is COCC1(CNC(=O)CCc2ccc(C)cc2)CCCN1. The van der Waals surface area contributed by atoms with Crippen molar-refractivity contribution in [1.82, 2.24) is 10.6 Å². The predicted molar refractivity (Wildman–Crippen MR) is 84.4 cm³/mol. The Labute approximate surface area is 127 Å². The first-order valence-corrected chi connectivity index (χ1v) is 7.70. The van der Waals surface area contributed by atoms with E-state index >= 15 is 0 Å². The normalized spacial score (nSPS) is 21.4. The number of benzene rings is 1. The van der Waals surface area contributed by atoms with Gasteiger partial charge in [-0.2, -0.15) is 0 Å². The second-order valence-corrected chi connectivity index (χ2v) is 6.01. The maximum absolute atomic E-state index is 12.0. The zero-order valence-electron chi connectivity index (χ0n) is 13.1. The lowest BCUT2D eigenvalue weighted by molar-refractivity contribution is -0.121. The van der Waals surface area contributed by atoms with Gasteiger partial charge in [0.15, 0.2) is 0 Å². The average molecular weight is 290 g/mol. The van der Waals surface area contributed by atoms with Gasteiger partial charge in [0.2, 0.25) is 5.91 Å². The number of aryl methyl sites for hydroxylation is 2. The van der Waals surface area contributed by atoms with Gasteiger partial charge in [0.1, 0.15) is 0 Å². The fourth-order valence-electron chi connectivity index (χ4n) is 2.84. The fourth-order valence-corrected chi connectivity index (χ4v) is 2.84. The number of carbonyl (C=O) groups excluding carboxylic acids is 1. The maximum atomic E-state index is 12.0. The molecule has 21 heavy (non-hydrogen) atoms. The van der Waals surface area contributed by atoms with Crippen molar-refractivity contribution < 1.29 is 9.53 Å². The summed E-state index contributed by atoms with van der Waals surface area (Å²) in [4.78, 5) is 12.0. The fraction of sp³-hybridized carbons (Fsp3) is 0.588. The predicted octanol–water partition coefficient (Wildman–Crippen LogP) is 1.81. The van der Waals surface area contributed by atoms with Crippen LogP contribution >= 0.6 is 0 Å². The average Bonchev–Trinajstić information content (AvgIpc) is 2.94. The van der Waals surface area contributed by atoms with Crippen LogP contribution in [0.3, 0.4) is 0 Å². The molecule has 4 nitrogen and oxygen atoms in total. The summed E-state index contributed by atoms with van der Waals surface area (Å²) in [7, 11) is 1.71. The van der Waals surface area contributed by atoms with E-state index in [0.29, 0.717) is 19.6 Å². The summed E-state index contributed by atoms with van der Waals surface area (Å²) in [5.41, 5.74) is 2.38. The summed E-state index contributed by atoms with van der Waals surface area (Å²) in [6.07, 6.45) is 3.52. The molecule has 2 N–H and O–H groups in total. The van der Waals surface area contributed by atoms with Crippen LogP contribution in [-0.4, -0.2) is 38.3 Å². The summed E-state index contributed by atoms with van der Waals surface area (Å²) in [5.74, 6) is 0.111. The van der Waals surface area contributed by atoms with Gasteiger partial charge in [0, 0.05) is 20.1 Å². The first-order chi connectivity index (χ1) is 10.1. The lowest BCUT2D eigenvalue weighted by Crippen LogP contribution is -2.53. The Morgan fingerprint density at radius 1 is 1.38 bits per heavy atom. The van der Waals surface area contributed by atoms with Crippen LogP contribution in [0.2, 0.25) is 0 Å². The largest absolute Gasteiger partial charge is 0.383 e. The van der Waals surface area contributed by atoms with Gasteiger partial charge in [-0.25, -0.2) is 0 Å². The molecule has 0 bridgehead atoms. The summed E-state index contributed by atoms with van der Waals surface area (Å²) < 4.78 is 5.29. The summed E-state index contributed by atoms with van der Waals surface area (Å²) in [6.45, 7) is 4.36. The summed E-state index contributed by atoms with van der Waals surface area (Å²) in [5, 5.41) is 6.52. The van der Waals surface area contributed by atoms with Crippen molar-refractivity contribution in [2.75, 3.05) is 26.8 Å². The molecule has 1 saturated heterocycles. The molecule has 1 atom stereocenters. The van der Waals surface area contributed by atoms with Crippen LogP contribution in [0, 0.1) is 6.92 Å². The minimum atomic E-state index is -0.0751. The molecule has 1 fully saturated rings. The van der Waals surface area contributed by atoms with Crippen molar-refractivity contribution in [1.29, 1.82) is 0 Å². The highest BCUT2D eigenvalue weighted by atomic mass is 16.5. The second-order valence-electron chi connectivity index (χ2n) is 6.01. The van der Waals surface area contributed by atoms with E-state index in [9.17, 15) is 4.79 Å². The smallest absolute Gasteiger partial charge is 0.220 e. The highest BCUT2D eigenvalue weighted by Gasteiger charge is 2.33. The van der Waals surface area contributed by atoms with E-state index in [1.54, 1.807) is 7.11 Å².